The fourth-order valence-corrected chi connectivity index (χ4v) is 3.58. The number of anilines is 1. The van der Waals surface area contributed by atoms with Gasteiger partial charge in [-0.1, -0.05) is 18.6 Å². The summed E-state index contributed by atoms with van der Waals surface area (Å²) in [5.74, 6) is 1.35. The van der Waals surface area contributed by atoms with Crippen molar-refractivity contribution in [3.63, 3.8) is 0 Å². The number of aromatic nitrogens is 2. The lowest BCUT2D eigenvalue weighted by Crippen LogP contribution is -2.44. The molecule has 1 saturated heterocycles. The van der Waals surface area contributed by atoms with E-state index in [1.54, 1.807) is 7.11 Å². The minimum atomic E-state index is -0.218. The molecule has 1 aliphatic rings. The average molecular weight is 372 g/mol. The molecule has 7 nitrogen and oxygen atoms in total. The molecule has 1 aliphatic heterocycles. The Kier molecular flexibility index (Phi) is 6.58. The third kappa shape index (κ3) is 4.54. The first-order valence-corrected chi connectivity index (χ1v) is 9.45. The van der Waals surface area contributed by atoms with E-state index in [0.717, 1.165) is 48.1 Å². The summed E-state index contributed by atoms with van der Waals surface area (Å²) in [5, 5.41) is 4.35. The van der Waals surface area contributed by atoms with Crippen LogP contribution in [0.5, 0.6) is 0 Å². The zero-order chi connectivity index (χ0) is 19.2. The minimum Gasteiger partial charge on any atom is -0.468 e. The summed E-state index contributed by atoms with van der Waals surface area (Å²) in [6.45, 7) is 4.70. The molecule has 146 valence electrons. The van der Waals surface area contributed by atoms with Crippen molar-refractivity contribution in [2.24, 2.45) is 0 Å². The molecule has 0 aliphatic carbocycles. The van der Waals surface area contributed by atoms with Crippen LogP contribution in [0.1, 0.15) is 30.7 Å². The zero-order valence-electron chi connectivity index (χ0n) is 16.3. The number of likely N-dealkylation sites (tertiary alicyclic amines) is 1. The monoisotopic (exact) mass is 372 g/mol. The van der Waals surface area contributed by atoms with Crippen molar-refractivity contribution in [2.75, 3.05) is 39.2 Å². The molecule has 1 atom stereocenters. The van der Waals surface area contributed by atoms with Crippen molar-refractivity contribution >= 4 is 22.7 Å². The van der Waals surface area contributed by atoms with Crippen LogP contribution >= 0.6 is 0 Å². The summed E-state index contributed by atoms with van der Waals surface area (Å²) >= 11 is 0. The molecular formula is C20H28N4O3. The van der Waals surface area contributed by atoms with E-state index in [2.05, 4.69) is 23.2 Å². The molecule has 2 aromatic rings. The minimum absolute atomic E-state index is 0.176. The van der Waals surface area contributed by atoms with Crippen molar-refractivity contribution in [1.82, 2.24) is 14.9 Å². The molecule has 1 fully saturated rings. The maximum absolute atomic E-state index is 12.1. The van der Waals surface area contributed by atoms with Crippen LogP contribution in [0.25, 0.3) is 10.9 Å². The van der Waals surface area contributed by atoms with Gasteiger partial charge in [-0.2, -0.15) is 0 Å². The van der Waals surface area contributed by atoms with Gasteiger partial charge in [0.1, 0.15) is 17.7 Å². The van der Waals surface area contributed by atoms with Gasteiger partial charge in [0.2, 0.25) is 0 Å². The first kappa shape index (κ1) is 19.5. The molecule has 1 aromatic carbocycles. The highest BCUT2D eigenvalue weighted by Gasteiger charge is 2.30. The number of rotatable bonds is 7. The fraction of sp³-hybridized carbons (Fsp3) is 0.550. The van der Waals surface area contributed by atoms with Gasteiger partial charge in [-0.25, -0.2) is 9.97 Å². The van der Waals surface area contributed by atoms with E-state index in [1.165, 1.54) is 7.11 Å². The number of carbonyl (C=O) groups excluding carboxylic acids is 1. The Balaban J connectivity index is 1.91. The predicted molar refractivity (Wildman–Crippen MR) is 105 cm³/mol. The molecule has 0 bridgehead atoms. The molecular weight excluding hydrogens is 344 g/mol. The molecule has 1 unspecified atom stereocenters. The summed E-state index contributed by atoms with van der Waals surface area (Å²) in [6.07, 6.45) is 2.93. The number of nitrogens with one attached hydrogen (secondary N) is 1. The van der Waals surface area contributed by atoms with Crippen LogP contribution in [0, 0.1) is 6.92 Å². The van der Waals surface area contributed by atoms with E-state index in [9.17, 15) is 4.79 Å². The molecule has 1 aromatic heterocycles. The summed E-state index contributed by atoms with van der Waals surface area (Å²) < 4.78 is 10.1. The molecule has 0 spiro atoms. The molecule has 2 heterocycles. The topological polar surface area (TPSA) is 76.6 Å². The van der Waals surface area contributed by atoms with Crippen molar-refractivity contribution in [3.05, 3.63) is 29.6 Å². The molecule has 0 saturated carbocycles. The van der Waals surface area contributed by atoms with Gasteiger partial charge in [-0.3, -0.25) is 9.69 Å². The van der Waals surface area contributed by atoms with E-state index >= 15 is 0 Å². The lowest BCUT2D eigenvalue weighted by atomic mass is 10.0. The second kappa shape index (κ2) is 9.10. The Morgan fingerprint density at radius 2 is 2.15 bits per heavy atom. The van der Waals surface area contributed by atoms with Gasteiger partial charge in [0.05, 0.1) is 25.8 Å². The molecule has 3 rings (SSSR count). The first-order valence-electron chi connectivity index (χ1n) is 9.45. The molecule has 1 N–H and O–H groups in total. The number of benzene rings is 1. The Hall–Kier alpha value is -2.25. The van der Waals surface area contributed by atoms with Crippen molar-refractivity contribution < 1.29 is 14.3 Å². The maximum Gasteiger partial charge on any atom is 0.323 e. The summed E-state index contributed by atoms with van der Waals surface area (Å²) in [7, 11) is 3.13. The quantitative estimate of drug-likeness (QED) is 0.591. The second-order valence-electron chi connectivity index (χ2n) is 6.88. The average Bonchev–Trinajstić information content (AvgIpc) is 2.69. The molecule has 0 radical (unpaired) electrons. The Morgan fingerprint density at radius 3 is 2.93 bits per heavy atom. The van der Waals surface area contributed by atoms with Crippen molar-refractivity contribution in [1.29, 1.82) is 0 Å². The fourth-order valence-electron chi connectivity index (χ4n) is 3.58. The van der Waals surface area contributed by atoms with Crippen LogP contribution in [-0.4, -0.2) is 60.8 Å². The number of hydrogen-bond donors (Lipinski definition) is 1. The van der Waals surface area contributed by atoms with Gasteiger partial charge in [0, 0.05) is 19.0 Å². The van der Waals surface area contributed by atoms with Crippen LogP contribution in [0.15, 0.2) is 18.2 Å². The number of hydrogen-bond acceptors (Lipinski definition) is 7. The zero-order valence-corrected chi connectivity index (χ0v) is 16.3. The van der Waals surface area contributed by atoms with Crippen LogP contribution in [0.4, 0.5) is 5.82 Å². The lowest BCUT2D eigenvalue weighted by Gasteiger charge is -2.33. The van der Waals surface area contributed by atoms with Gasteiger partial charge in [0.25, 0.3) is 0 Å². The van der Waals surface area contributed by atoms with Crippen LogP contribution < -0.4 is 5.32 Å². The van der Waals surface area contributed by atoms with Gasteiger partial charge in [-0.05, 0) is 37.9 Å². The summed E-state index contributed by atoms with van der Waals surface area (Å²) in [4.78, 5) is 23.8. The number of aryl methyl sites for hydroxylation is 1. The summed E-state index contributed by atoms with van der Waals surface area (Å²) in [6, 6.07) is 5.88. The van der Waals surface area contributed by atoms with E-state index < -0.39 is 0 Å². The van der Waals surface area contributed by atoms with Gasteiger partial charge < -0.3 is 14.8 Å². The molecule has 27 heavy (non-hydrogen) atoms. The molecule has 7 heteroatoms. The maximum atomic E-state index is 12.1. The first-order chi connectivity index (χ1) is 13.1. The largest absolute Gasteiger partial charge is 0.468 e. The number of ether oxygens (including phenoxy) is 2. The number of nitrogens with zero attached hydrogens (tertiary/aromatic N) is 3. The van der Waals surface area contributed by atoms with Gasteiger partial charge in [-0.15, -0.1) is 0 Å². The Labute approximate surface area is 160 Å². The third-order valence-corrected chi connectivity index (χ3v) is 5.00. The standard InChI is InChI=1S/C20H28N4O3/c1-14-7-6-8-15-18(14)22-17(23-19(15)21-10-12-26-2)13-24-11-5-4-9-16(24)20(25)27-3/h6-8,16H,4-5,9-13H2,1-3H3,(H,21,22,23). The van der Waals surface area contributed by atoms with E-state index in [0.29, 0.717) is 25.5 Å². The van der Waals surface area contributed by atoms with Crippen LogP contribution in [0.2, 0.25) is 0 Å². The normalized spacial score (nSPS) is 17.8. The van der Waals surface area contributed by atoms with E-state index in [1.807, 2.05) is 12.1 Å². The highest BCUT2D eigenvalue weighted by molar-refractivity contribution is 5.91. The number of piperidine rings is 1. The smallest absolute Gasteiger partial charge is 0.323 e. The van der Waals surface area contributed by atoms with Gasteiger partial charge >= 0.3 is 5.97 Å². The number of fused-ring (bicyclic) bond motifs is 1. The predicted octanol–water partition coefficient (Wildman–Crippen LogP) is 2.52. The SMILES string of the molecule is COCCNc1nc(CN2CCCCC2C(=O)OC)nc2c(C)cccc12. The second-order valence-corrected chi connectivity index (χ2v) is 6.88. The van der Waals surface area contributed by atoms with Crippen molar-refractivity contribution in [2.45, 2.75) is 38.8 Å². The third-order valence-electron chi connectivity index (χ3n) is 5.00. The number of methoxy groups -OCH3 is 2. The number of esters is 1. The lowest BCUT2D eigenvalue weighted by molar-refractivity contribution is -0.148. The highest BCUT2D eigenvalue weighted by atomic mass is 16.5. The van der Waals surface area contributed by atoms with E-state index in [4.69, 9.17) is 19.4 Å². The Bertz CT molecular complexity index is 796. The van der Waals surface area contributed by atoms with Gasteiger partial charge in [0.15, 0.2) is 0 Å². The molecule has 0 amide bonds. The highest BCUT2D eigenvalue weighted by Crippen LogP contribution is 2.25. The number of carbonyl (C=O) groups is 1. The van der Waals surface area contributed by atoms with Crippen LogP contribution in [0.3, 0.4) is 0 Å². The van der Waals surface area contributed by atoms with E-state index in [-0.39, 0.29) is 12.0 Å². The Morgan fingerprint density at radius 1 is 1.30 bits per heavy atom. The number of para-hydroxylation sites is 1. The van der Waals surface area contributed by atoms with Crippen LogP contribution in [-0.2, 0) is 20.8 Å². The van der Waals surface area contributed by atoms with Crippen molar-refractivity contribution in [3.8, 4) is 0 Å². The summed E-state index contributed by atoms with van der Waals surface area (Å²) in [5.41, 5.74) is 2.04.